The van der Waals surface area contributed by atoms with Crippen molar-refractivity contribution in [2.45, 2.75) is 19.3 Å². The van der Waals surface area contributed by atoms with Crippen LogP contribution < -0.4 is 10.2 Å². The topological polar surface area (TPSA) is 60.4 Å². The number of rotatable bonds is 6. The predicted octanol–water partition coefficient (Wildman–Crippen LogP) is 2.93. The van der Waals surface area contributed by atoms with E-state index in [9.17, 15) is 4.79 Å². The van der Waals surface area contributed by atoms with E-state index in [1.807, 2.05) is 36.2 Å². The number of halogens is 2. The predicted molar refractivity (Wildman–Crippen MR) is 138 cm³/mol. The van der Waals surface area contributed by atoms with Crippen LogP contribution in [-0.2, 0) is 9.53 Å². The van der Waals surface area contributed by atoms with Gasteiger partial charge in [0.1, 0.15) is 0 Å². The molecular weight excluding hydrogens is 529 g/mol. The first-order valence-corrected chi connectivity index (χ1v) is 11.2. The van der Waals surface area contributed by atoms with Crippen LogP contribution >= 0.6 is 35.6 Å². The van der Waals surface area contributed by atoms with Crippen molar-refractivity contribution in [2.24, 2.45) is 10.9 Å². The minimum atomic E-state index is 0. The molecule has 3 rings (SSSR count). The molecule has 2 aliphatic rings. The number of ether oxygens (including phenoxy) is 1. The van der Waals surface area contributed by atoms with Gasteiger partial charge in [-0.2, -0.15) is 0 Å². The van der Waals surface area contributed by atoms with Gasteiger partial charge in [-0.3, -0.25) is 9.79 Å². The van der Waals surface area contributed by atoms with Gasteiger partial charge in [0.2, 0.25) is 5.91 Å². The summed E-state index contributed by atoms with van der Waals surface area (Å²) < 4.78 is 5.43. The summed E-state index contributed by atoms with van der Waals surface area (Å²) >= 11 is 5.97. The maximum absolute atomic E-state index is 12.7. The van der Waals surface area contributed by atoms with Gasteiger partial charge in [0.05, 0.1) is 6.54 Å². The summed E-state index contributed by atoms with van der Waals surface area (Å²) in [6.07, 6.45) is 3.40. The Morgan fingerprint density at radius 3 is 2.45 bits per heavy atom. The number of nitrogens with zero attached hydrogens (tertiary/aromatic N) is 4. The summed E-state index contributed by atoms with van der Waals surface area (Å²) in [5, 5.41) is 3.98. The number of aliphatic imine (C=N–C) groups is 1. The van der Waals surface area contributed by atoms with Gasteiger partial charge in [0.15, 0.2) is 5.96 Å². The Balaban J connectivity index is 0.00000341. The lowest BCUT2D eigenvalue weighted by molar-refractivity contribution is -0.130. The highest BCUT2D eigenvalue weighted by atomic mass is 127. The number of guanidine groups is 1. The second-order valence-corrected chi connectivity index (χ2v) is 8.45. The Morgan fingerprint density at radius 1 is 1.19 bits per heavy atom. The Hall–Kier alpha value is -1.26. The molecule has 2 aliphatic heterocycles. The van der Waals surface area contributed by atoms with Gasteiger partial charge in [0.25, 0.3) is 0 Å². The van der Waals surface area contributed by atoms with Gasteiger partial charge in [-0.25, -0.2) is 0 Å². The summed E-state index contributed by atoms with van der Waals surface area (Å²) in [6, 6.07) is 7.87. The highest BCUT2D eigenvalue weighted by molar-refractivity contribution is 14.0. The monoisotopic (exact) mass is 563 g/mol. The first-order valence-electron chi connectivity index (χ1n) is 10.8. The van der Waals surface area contributed by atoms with Gasteiger partial charge in [-0.05, 0) is 49.4 Å². The second-order valence-electron chi connectivity index (χ2n) is 8.01. The van der Waals surface area contributed by atoms with E-state index >= 15 is 0 Å². The molecular formula is C22H35ClIN5O2. The van der Waals surface area contributed by atoms with Gasteiger partial charge in [-0.15, -0.1) is 24.0 Å². The number of hydrogen-bond acceptors (Lipinski definition) is 4. The summed E-state index contributed by atoms with van der Waals surface area (Å²) in [5.74, 6) is 1.61. The van der Waals surface area contributed by atoms with Gasteiger partial charge in [0, 0.05) is 70.7 Å². The van der Waals surface area contributed by atoms with Crippen LogP contribution in [0.15, 0.2) is 29.3 Å². The van der Waals surface area contributed by atoms with Crippen molar-refractivity contribution >= 4 is 53.1 Å². The van der Waals surface area contributed by atoms with Crippen molar-refractivity contribution in [3.05, 3.63) is 29.3 Å². The van der Waals surface area contributed by atoms with Crippen LogP contribution in [0.3, 0.4) is 0 Å². The smallest absolute Gasteiger partial charge is 0.242 e. The van der Waals surface area contributed by atoms with Crippen LogP contribution in [0.4, 0.5) is 5.69 Å². The molecule has 0 aromatic heterocycles. The van der Waals surface area contributed by atoms with Crippen molar-refractivity contribution in [1.82, 2.24) is 15.1 Å². The minimum absolute atomic E-state index is 0. The van der Waals surface area contributed by atoms with E-state index in [0.29, 0.717) is 0 Å². The Labute approximate surface area is 208 Å². The second kappa shape index (κ2) is 13.3. The van der Waals surface area contributed by atoms with Crippen molar-refractivity contribution in [1.29, 1.82) is 0 Å². The molecule has 9 heteroatoms. The maximum atomic E-state index is 12.7. The number of hydrogen-bond donors (Lipinski definition) is 1. The molecule has 1 aromatic carbocycles. The van der Waals surface area contributed by atoms with Gasteiger partial charge >= 0.3 is 0 Å². The molecule has 0 spiro atoms. The van der Waals surface area contributed by atoms with Crippen LogP contribution in [0, 0.1) is 5.92 Å². The summed E-state index contributed by atoms with van der Waals surface area (Å²) in [4.78, 5) is 23.3. The fraction of sp³-hybridized carbons (Fsp3) is 0.636. The van der Waals surface area contributed by atoms with Crippen LogP contribution in [-0.4, -0.2) is 88.2 Å². The lowest BCUT2D eigenvalue weighted by Crippen LogP contribution is -2.52. The number of amides is 1. The SMILES string of the molecule is CN=C(NCC(=O)N1CCN(c2ccc(Cl)cc2)CC1)N(C)CCC1CCOCC1.I. The molecule has 0 aliphatic carbocycles. The zero-order valence-electron chi connectivity index (χ0n) is 18.6. The van der Waals surface area contributed by atoms with E-state index in [2.05, 4.69) is 20.1 Å². The fourth-order valence-corrected chi connectivity index (χ4v) is 4.16. The van der Waals surface area contributed by atoms with Crippen LogP contribution in [0.5, 0.6) is 0 Å². The first-order chi connectivity index (χ1) is 14.6. The van der Waals surface area contributed by atoms with Gasteiger partial charge in [-0.1, -0.05) is 11.6 Å². The average Bonchev–Trinajstić information content (AvgIpc) is 2.79. The highest BCUT2D eigenvalue weighted by Crippen LogP contribution is 2.20. The average molecular weight is 564 g/mol. The van der Waals surface area contributed by atoms with E-state index in [1.165, 1.54) is 0 Å². The molecule has 0 atom stereocenters. The number of carbonyl (C=O) groups is 1. The third-order valence-corrected chi connectivity index (χ3v) is 6.26. The molecule has 2 fully saturated rings. The molecule has 1 aromatic rings. The standard InChI is InChI=1S/C22H34ClN5O2.HI/c1-24-22(26(2)10-7-18-8-15-30-16-9-18)25-17-21(29)28-13-11-27(12-14-28)20-5-3-19(23)4-6-20;/h3-6,18H,7-17H2,1-2H3,(H,24,25);1H. The molecule has 7 nitrogen and oxygen atoms in total. The van der Waals surface area contributed by atoms with E-state index in [0.717, 1.165) is 87.8 Å². The van der Waals surface area contributed by atoms with Crippen LogP contribution in [0.1, 0.15) is 19.3 Å². The fourth-order valence-electron chi connectivity index (χ4n) is 4.03. The third kappa shape index (κ3) is 7.98. The molecule has 0 bridgehead atoms. The molecule has 1 N–H and O–H groups in total. The molecule has 2 saturated heterocycles. The summed E-state index contributed by atoms with van der Waals surface area (Å²) in [5.41, 5.74) is 1.15. The number of benzene rings is 1. The summed E-state index contributed by atoms with van der Waals surface area (Å²) in [7, 11) is 3.80. The number of carbonyl (C=O) groups excluding carboxylic acids is 1. The Kier molecular flexibility index (Phi) is 11.2. The van der Waals surface area contributed by atoms with E-state index in [1.54, 1.807) is 7.05 Å². The maximum Gasteiger partial charge on any atom is 0.242 e. The van der Waals surface area contributed by atoms with Crippen molar-refractivity contribution < 1.29 is 9.53 Å². The van der Waals surface area contributed by atoms with E-state index in [4.69, 9.17) is 16.3 Å². The van der Waals surface area contributed by atoms with Gasteiger partial charge < -0.3 is 24.8 Å². The number of nitrogens with one attached hydrogen (secondary N) is 1. The van der Waals surface area contributed by atoms with Crippen LogP contribution in [0.25, 0.3) is 0 Å². The quantitative estimate of drug-likeness (QED) is 0.328. The third-order valence-electron chi connectivity index (χ3n) is 6.01. The highest BCUT2D eigenvalue weighted by Gasteiger charge is 2.22. The molecule has 0 radical (unpaired) electrons. The molecule has 174 valence electrons. The van der Waals surface area contributed by atoms with Crippen molar-refractivity contribution in [2.75, 3.05) is 71.5 Å². The first kappa shape index (κ1) is 26.0. The zero-order valence-corrected chi connectivity index (χ0v) is 21.6. The lowest BCUT2D eigenvalue weighted by atomic mass is 9.96. The summed E-state index contributed by atoms with van der Waals surface area (Å²) in [6.45, 7) is 6.05. The largest absolute Gasteiger partial charge is 0.381 e. The molecule has 0 saturated carbocycles. The van der Waals surface area contributed by atoms with Crippen molar-refractivity contribution in [3.63, 3.8) is 0 Å². The molecule has 2 heterocycles. The Bertz CT molecular complexity index is 704. The zero-order chi connectivity index (χ0) is 21.3. The molecule has 0 unspecified atom stereocenters. The van der Waals surface area contributed by atoms with Crippen molar-refractivity contribution in [3.8, 4) is 0 Å². The van der Waals surface area contributed by atoms with E-state index in [-0.39, 0.29) is 36.4 Å². The molecule has 31 heavy (non-hydrogen) atoms. The lowest BCUT2D eigenvalue weighted by Gasteiger charge is -2.36. The van der Waals surface area contributed by atoms with Crippen LogP contribution in [0.2, 0.25) is 5.02 Å². The molecule has 1 amide bonds. The number of piperazine rings is 1. The normalized spacial score (nSPS) is 17.8. The number of anilines is 1. The van der Waals surface area contributed by atoms with E-state index < -0.39 is 0 Å². The minimum Gasteiger partial charge on any atom is -0.381 e. The Morgan fingerprint density at radius 2 is 1.84 bits per heavy atom.